The molecule has 67 heavy (non-hydrogen) atoms. The van der Waals surface area contributed by atoms with Gasteiger partial charge in [-0.05, 0) is 42.1 Å². The Bertz CT molecular complexity index is 2510. The zero-order chi connectivity index (χ0) is 45.4. The van der Waals surface area contributed by atoms with Crippen LogP contribution < -0.4 is 0 Å². The van der Waals surface area contributed by atoms with E-state index in [2.05, 4.69) is 66.9 Å². The molecular weight excluding hydrogens is 1000 g/mol. The van der Waals surface area contributed by atoms with E-state index in [4.69, 9.17) is 15.0 Å². The summed E-state index contributed by atoms with van der Waals surface area (Å²) >= 11 is 0. The normalized spacial score (nSPS) is 10.4. The van der Waals surface area contributed by atoms with E-state index < -0.39 is 0 Å². The molecule has 6 heterocycles. The van der Waals surface area contributed by atoms with Gasteiger partial charge in [-0.25, -0.2) is 34.9 Å². The number of hydrogen-bond donors (Lipinski definition) is 0. The number of aryl methyl sites for hydroxylation is 2. The van der Waals surface area contributed by atoms with Gasteiger partial charge in [0.15, 0.2) is 17.5 Å². The van der Waals surface area contributed by atoms with Gasteiger partial charge in [0.05, 0.1) is 11.1 Å². The predicted molar refractivity (Wildman–Crippen MR) is 262 cm³/mol. The van der Waals surface area contributed by atoms with Crippen molar-refractivity contribution in [2.45, 2.75) is 78.1 Å². The van der Waals surface area contributed by atoms with E-state index in [0.29, 0.717) is 17.5 Å². The second kappa shape index (κ2) is 27.4. The summed E-state index contributed by atoms with van der Waals surface area (Å²) in [5, 5.41) is 0. The summed E-state index contributed by atoms with van der Waals surface area (Å²) in [6.07, 6.45) is 23.7. The van der Waals surface area contributed by atoms with Crippen LogP contribution in [0.3, 0.4) is 0 Å². The molecule has 3 aromatic carbocycles. The van der Waals surface area contributed by atoms with Gasteiger partial charge in [0.25, 0.3) is 0 Å². The molecule has 336 valence electrons. The minimum Gasteiger partial charge on any atom is -0.305 e. The number of pyridine rings is 3. The Morgan fingerprint density at radius 1 is 0.358 bits per heavy atom. The summed E-state index contributed by atoms with van der Waals surface area (Å²) in [6, 6.07) is 48.6. The molecule has 0 unspecified atom stereocenters. The molecule has 0 saturated heterocycles. The summed E-state index contributed by atoms with van der Waals surface area (Å²) in [5.41, 5.74) is 8.02. The molecule has 11 heteroatoms. The standard InChI is InChI=1S/C34H37N8.2C11H8N.Ir/c1-3-5-7-12-16-30-36-21-27(22-37-30)33-40-32(26-18-19-29(35-20-26)25-14-10-9-11-15-25)41-34(42-33)28-23-38-31(39-24-28)17-13-8-6-4-2;2*1-2-6-10(7-3-1)11-8-4-5-9-12-11;/h9-11,14,18-24H,3-8,12-13,16-17H2,1-2H3;2*1-6,8-9H;/q3*-1;+3. The van der Waals surface area contributed by atoms with Crippen LogP contribution in [0.2, 0.25) is 0 Å². The van der Waals surface area contributed by atoms with Crippen molar-refractivity contribution in [3.63, 3.8) is 0 Å². The maximum Gasteiger partial charge on any atom is 3.00 e. The predicted octanol–water partition coefficient (Wildman–Crippen LogP) is 12.7. The van der Waals surface area contributed by atoms with Crippen LogP contribution in [0, 0.1) is 18.2 Å². The van der Waals surface area contributed by atoms with Crippen molar-refractivity contribution in [2.24, 2.45) is 0 Å². The number of rotatable bonds is 16. The van der Waals surface area contributed by atoms with Crippen LogP contribution in [0.15, 0.2) is 165 Å². The molecule has 0 aliphatic heterocycles. The van der Waals surface area contributed by atoms with Crippen molar-refractivity contribution < 1.29 is 20.1 Å². The topological polar surface area (TPSA) is 129 Å². The van der Waals surface area contributed by atoms with E-state index in [0.717, 1.165) is 87.8 Å². The third-order valence-electron chi connectivity index (χ3n) is 10.4. The molecule has 0 fully saturated rings. The van der Waals surface area contributed by atoms with E-state index in [1.807, 2.05) is 121 Å². The molecule has 0 bridgehead atoms. The first-order valence-corrected chi connectivity index (χ1v) is 22.7. The van der Waals surface area contributed by atoms with Crippen LogP contribution in [0.25, 0.3) is 67.9 Å². The first kappa shape index (κ1) is 49.4. The number of hydrogen-bond acceptors (Lipinski definition) is 10. The zero-order valence-electron chi connectivity index (χ0n) is 38.0. The van der Waals surface area contributed by atoms with Crippen LogP contribution in [0.5, 0.6) is 0 Å². The van der Waals surface area contributed by atoms with Crippen LogP contribution in [0.4, 0.5) is 0 Å². The Labute approximate surface area is 408 Å². The quantitative estimate of drug-likeness (QED) is 0.0681. The average Bonchev–Trinajstić information content (AvgIpc) is 3.41. The van der Waals surface area contributed by atoms with Gasteiger partial charge < -0.3 is 15.0 Å². The van der Waals surface area contributed by atoms with Crippen molar-refractivity contribution in [3.8, 4) is 67.9 Å². The zero-order valence-corrected chi connectivity index (χ0v) is 40.4. The summed E-state index contributed by atoms with van der Waals surface area (Å²) in [6.45, 7) is 4.42. The molecule has 0 radical (unpaired) electrons. The fourth-order valence-electron chi connectivity index (χ4n) is 6.77. The Kier molecular flexibility index (Phi) is 20.2. The third-order valence-corrected chi connectivity index (χ3v) is 10.4. The van der Waals surface area contributed by atoms with E-state index in [1.165, 1.54) is 38.5 Å². The monoisotopic (exact) mass is 1060 g/mol. The second-order valence-corrected chi connectivity index (χ2v) is 15.4. The third kappa shape index (κ3) is 15.5. The van der Waals surface area contributed by atoms with E-state index >= 15 is 0 Å². The minimum atomic E-state index is 0. The molecule has 0 atom stereocenters. The van der Waals surface area contributed by atoms with Crippen molar-refractivity contribution >= 4 is 0 Å². The van der Waals surface area contributed by atoms with Gasteiger partial charge in [0.2, 0.25) is 0 Å². The number of nitrogens with zero attached hydrogens (tertiary/aromatic N) is 10. The molecule has 9 aromatic rings. The summed E-state index contributed by atoms with van der Waals surface area (Å²) < 4.78 is 0. The maximum atomic E-state index is 4.80. The maximum absolute atomic E-state index is 4.80. The van der Waals surface area contributed by atoms with Crippen molar-refractivity contribution in [1.29, 1.82) is 0 Å². The first-order chi connectivity index (χ1) is 32.7. The van der Waals surface area contributed by atoms with Gasteiger partial charge in [0, 0.05) is 61.8 Å². The molecule has 0 spiro atoms. The fraction of sp³-hybridized carbons (Fsp3) is 0.214. The number of unbranched alkanes of at least 4 members (excludes halogenated alkanes) is 6. The number of benzene rings is 3. The fourth-order valence-corrected chi connectivity index (χ4v) is 6.77. The Morgan fingerprint density at radius 3 is 1.09 bits per heavy atom. The number of aromatic nitrogens is 10. The van der Waals surface area contributed by atoms with Crippen molar-refractivity contribution in [2.75, 3.05) is 0 Å². The van der Waals surface area contributed by atoms with Gasteiger partial charge >= 0.3 is 20.1 Å². The van der Waals surface area contributed by atoms with Crippen LogP contribution in [0.1, 0.15) is 76.9 Å². The minimum absolute atomic E-state index is 0. The average molecular weight is 1060 g/mol. The van der Waals surface area contributed by atoms with Gasteiger partial charge in [0.1, 0.15) is 11.6 Å². The first-order valence-electron chi connectivity index (χ1n) is 22.7. The Hall–Kier alpha value is -7.07. The largest absolute Gasteiger partial charge is 3.00 e. The van der Waals surface area contributed by atoms with Gasteiger partial charge in [-0.1, -0.05) is 88.8 Å². The molecule has 0 aliphatic carbocycles. The Balaban J connectivity index is 0.000000238. The van der Waals surface area contributed by atoms with E-state index in [9.17, 15) is 0 Å². The van der Waals surface area contributed by atoms with Gasteiger partial charge in [-0.15, -0.1) is 108 Å². The van der Waals surface area contributed by atoms with Gasteiger partial charge in [-0.2, -0.15) is 0 Å². The van der Waals surface area contributed by atoms with Crippen molar-refractivity contribution in [1.82, 2.24) is 49.8 Å². The van der Waals surface area contributed by atoms with Gasteiger partial charge in [-0.3, -0.25) is 0 Å². The molecule has 6 aromatic heterocycles. The Morgan fingerprint density at radius 2 is 0.746 bits per heavy atom. The van der Waals surface area contributed by atoms with Crippen LogP contribution in [-0.4, -0.2) is 49.8 Å². The van der Waals surface area contributed by atoms with E-state index in [-0.39, 0.29) is 20.1 Å². The molecule has 10 nitrogen and oxygen atoms in total. The smallest absolute Gasteiger partial charge is 0.305 e. The molecule has 0 saturated carbocycles. The van der Waals surface area contributed by atoms with Crippen molar-refractivity contribution in [3.05, 3.63) is 195 Å². The molecule has 9 rings (SSSR count). The van der Waals surface area contributed by atoms with Crippen LogP contribution >= 0.6 is 0 Å². The summed E-state index contributed by atoms with van der Waals surface area (Å²) in [7, 11) is 0. The molecule has 0 N–H and O–H groups in total. The molecule has 0 amide bonds. The SMILES string of the molecule is CCCCCCc1ncc(-c2nc(-c3ccc(-c4[c-]cccc4)nc3)nc(-c3cnc(CCCCCC)nc3)n2)cn1.[Ir+3].[c-]1ccccc1-c1ccccn1.[c-]1ccccc1-c1ccccn1. The summed E-state index contributed by atoms with van der Waals surface area (Å²) in [4.78, 5) is 45.9. The second-order valence-electron chi connectivity index (χ2n) is 15.4. The van der Waals surface area contributed by atoms with E-state index in [1.54, 1.807) is 43.4 Å². The molecular formula is C56H53IrN10. The molecule has 0 aliphatic rings. The summed E-state index contributed by atoms with van der Waals surface area (Å²) in [5.74, 6) is 3.18. The van der Waals surface area contributed by atoms with Crippen LogP contribution in [-0.2, 0) is 32.9 Å².